The molecular formula is C22H23N3O4. The topological polar surface area (TPSA) is 79.0 Å². The molecule has 2 aliphatic rings. The van der Waals surface area contributed by atoms with Crippen LogP contribution in [-0.4, -0.2) is 48.5 Å². The van der Waals surface area contributed by atoms with Crippen molar-refractivity contribution in [1.82, 2.24) is 4.90 Å². The van der Waals surface area contributed by atoms with Gasteiger partial charge in [-0.2, -0.15) is 0 Å². The van der Waals surface area contributed by atoms with E-state index in [1.54, 1.807) is 37.4 Å². The molecular weight excluding hydrogens is 370 g/mol. The lowest BCUT2D eigenvalue weighted by molar-refractivity contribution is -0.129. The zero-order chi connectivity index (χ0) is 20.6. The second-order valence-electron chi connectivity index (χ2n) is 7.34. The summed E-state index contributed by atoms with van der Waals surface area (Å²) in [5, 5.41) is 2.93. The molecule has 0 aromatic heterocycles. The number of aryl methyl sites for hydroxylation is 1. The van der Waals surface area contributed by atoms with Crippen molar-refractivity contribution in [3.8, 4) is 0 Å². The van der Waals surface area contributed by atoms with Crippen molar-refractivity contribution in [3.05, 3.63) is 59.7 Å². The van der Waals surface area contributed by atoms with E-state index in [0.29, 0.717) is 16.9 Å². The predicted octanol–water partition coefficient (Wildman–Crippen LogP) is 2.56. The first-order chi connectivity index (χ1) is 14.0. The molecule has 29 heavy (non-hydrogen) atoms. The van der Waals surface area contributed by atoms with Crippen molar-refractivity contribution in [2.24, 2.45) is 0 Å². The Morgan fingerprint density at radius 3 is 2.72 bits per heavy atom. The highest BCUT2D eigenvalue weighted by Gasteiger charge is 2.60. The smallest absolute Gasteiger partial charge is 0.271 e. The Morgan fingerprint density at radius 1 is 1.17 bits per heavy atom. The number of benzene rings is 2. The van der Waals surface area contributed by atoms with Gasteiger partial charge in [-0.1, -0.05) is 24.3 Å². The molecule has 4 rings (SSSR count). The molecule has 7 nitrogen and oxygen atoms in total. The van der Waals surface area contributed by atoms with Gasteiger partial charge in [0.15, 0.2) is 0 Å². The summed E-state index contributed by atoms with van der Waals surface area (Å²) in [7, 11) is 1.54. The number of hydrogen-bond donors (Lipinski definition) is 1. The highest BCUT2D eigenvalue weighted by Crippen LogP contribution is 2.44. The van der Waals surface area contributed by atoms with Crippen LogP contribution in [0.1, 0.15) is 28.8 Å². The standard InChI is InChI=1S/C22H23N3O4/c1-15-6-5-7-16(14-15)23-21(28)22-11-10-19(26)25(22)18-9-4-3-8-17(18)20(27)24(22)12-13-29-2/h3-9,14H,10-13H2,1-2H3,(H,23,28)/t22-/m0/s1. The van der Waals surface area contributed by atoms with Gasteiger partial charge in [-0.05, 0) is 36.8 Å². The molecule has 2 aliphatic heterocycles. The van der Waals surface area contributed by atoms with E-state index in [4.69, 9.17) is 4.74 Å². The Morgan fingerprint density at radius 2 is 1.97 bits per heavy atom. The molecule has 0 unspecified atom stereocenters. The van der Waals surface area contributed by atoms with Gasteiger partial charge in [0.05, 0.1) is 17.9 Å². The van der Waals surface area contributed by atoms with Crippen LogP contribution in [0.3, 0.4) is 0 Å². The van der Waals surface area contributed by atoms with Gasteiger partial charge in [0.1, 0.15) is 0 Å². The normalized spacial score (nSPS) is 20.5. The molecule has 1 saturated heterocycles. The third-order valence-corrected chi connectivity index (χ3v) is 5.53. The van der Waals surface area contributed by atoms with Crippen LogP contribution in [0.5, 0.6) is 0 Å². The molecule has 0 aliphatic carbocycles. The van der Waals surface area contributed by atoms with Gasteiger partial charge in [0.25, 0.3) is 11.8 Å². The number of nitrogens with one attached hydrogen (secondary N) is 1. The summed E-state index contributed by atoms with van der Waals surface area (Å²) >= 11 is 0. The van der Waals surface area contributed by atoms with Crippen LogP contribution in [0, 0.1) is 6.92 Å². The molecule has 1 atom stereocenters. The maximum absolute atomic E-state index is 13.6. The fraction of sp³-hybridized carbons (Fsp3) is 0.318. The first-order valence-electron chi connectivity index (χ1n) is 9.60. The Bertz CT molecular complexity index is 990. The minimum Gasteiger partial charge on any atom is -0.383 e. The van der Waals surface area contributed by atoms with Crippen LogP contribution in [0.2, 0.25) is 0 Å². The minimum absolute atomic E-state index is 0.174. The average molecular weight is 393 g/mol. The summed E-state index contributed by atoms with van der Waals surface area (Å²) < 4.78 is 5.19. The molecule has 0 saturated carbocycles. The third-order valence-electron chi connectivity index (χ3n) is 5.53. The lowest BCUT2D eigenvalue weighted by Crippen LogP contribution is -2.69. The highest BCUT2D eigenvalue weighted by atomic mass is 16.5. The number of ether oxygens (including phenoxy) is 1. The largest absolute Gasteiger partial charge is 0.383 e. The average Bonchev–Trinajstić information content (AvgIpc) is 3.06. The van der Waals surface area contributed by atoms with Crippen LogP contribution in [0.4, 0.5) is 11.4 Å². The molecule has 7 heteroatoms. The van der Waals surface area contributed by atoms with E-state index in [1.165, 1.54) is 9.80 Å². The van der Waals surface area contributed by atoms with E-state index in [1.807, 2.05) is 25.1 Å². The Labute approximate surface area is 169 Å². The van der Waals surface area contributed by atoms with Crippen molar-refractivity contribution < 1.29 is 19.1 Å². The Kier molecular flexibility index (Phi) is 4.84. The third kappa shape index (κ3) is 2.98. The lowest BCUT2D eigenvalue weighted by atomic mass is 9.95. The van der Waals surface area contributed by atoms with Crippen molar-refractivity contribution >= 4 is 29.1 Å². The number of para-hydroxylation sites is 1. The molecule has 150 valence electrons. The van der Waals surface area contributed by atoms with Gasteiger partial charge < -0.3 is 15.0 Å². The number of fused-ring (bicyclic) bond motifs is 3. The minimum atomic E-state index is -1.41. The molecule has 2 aromatic rings. The molecule has 0 radical (unpaired) electrons. The SMILES string of the molecule is COCCN1C(=O)c2ccccc2N2C(=O)CC[C@]12C(=O)Nc1cccc(C)c1. The van der Waals surface area contributed by atoms with Crippen molar-refractivity contribution in [2.45, 2.75) is 25.4 Å². The summed E-state index contributed by atoms with van der Waals surface area (Å²) in [6.45, 7) is 2.40. The molecule has 3 amide bonds. The van der Waals surface area contributed by atoms with Crippen molar-refractivity contribution in [2.75, 3.05) is 30.5 Å². The maximum atomic E-state index is 13.6. The fourth-order valence-electron chi connectivity index (χ4n) is 4.22. The quantitative estimate of drug-likeness (QED) is 0.847. The Hall–Kier alpha value is -3.19. The highest BCUT2D eigenvalue weighted by molar-refractivity contribution is 6.18. The van der Waals surface area contributed by atoms with E-state index in [0.717, 1.165) is 5.56 Å². The maximum Gasteiger partial charge on any atom is 0.271 e. The lowest BCUT2D eigenvalue weighted by Gasteiger charge is -2.49. The second-order valence-corrected chi connectivity index (χ2v) is 7.34. The zero-order valence-corrected chi connectivity index (χ0v) is 16.5. The van der Waals surface area contributed by atoms with Gasteiger partial charge in [-0.3, -0.25) is 19.3 Å². The number of carbonyl (C=O) groups is 3. The van der Waals surface area contributed by atoms with E-state index >= 15 is 0 Å². The molecule has 2 heterocycles. The monoisotopic (exact) mass is 393 g/mol. The van der Waals surface area contributed by atoms with Crippen molar-refractivity contribution in [1.29, 1.82) is 0 Å². The number of methoxy groups -OCH3 is 1. The summed E-state index contributed by atoms with van der Waals surface area (Å²) in [6, 6.07) is 14.4. The number of carbonyl (C=O) groups excluding carboxylic acids is 3. The van der Waals surface area contributed by atoms with E-state index in [2.05, 4.69) is 5.32 Å². The summed E-state index contributed by atoms with van der Waals surface area (Å²) in [6.07, 6.45) is 0.416. The summed E-state index contributed by atoms with van der Waals surface area (Å²) in [4.78, 5) is 42.8. The molecule has 1 fully saturated rings. The van der Waals surface area contributed by atoms with E-state index in [-0.39, 0.29) is 37.8 Å². The molecule has 1 N–H and O–H groups in total. The zero-order valence-electron chi connectivity index (χ0n) is 16.5. The van der Waals surface area contributed by atoms with Gasteiger partial charge in [-0.15, -0.1) is 0 Å². The number of anilines is 2. The first kappa shape index (κ1) is 19.1. The van der Waals surface area contributed by atoms with Gasteiger partial charge in [0, 0.05) is 32.2 Å². The summed E-state index contributed by atoms with van der Waals surface area (Å²) in [5.41, 5.74) is 1.11. The first-order valence-corrected chi connectivity index (χ1v) is 9.60. The van der Waals surface area contributed by atoms with Crippen LogP contribution in [0.15, 0.2) is 48.5 Å². The van der Waals surface area contributed by atoms with Crippen LogP contribution >= 0.6 is 0 Å². The number of rotatable bonds is 5. The predicted molar refractivity (Wildman–Crippen MR) is 109 cm³/mol. The van der Waals surface area contributed by atoms with Gasteiger partial charge in [0.2, 0.25) is 11.6 Å². The molecule has 0 bridgehead atoms. The second kappa shape index (κ2) is 7.33. The van der Waals surface area contributed by atoms with Gasteiger partial charge in [-0.25, -0.2) is 0 Å². The van der Waals surface area contributed by atoms with Crippen LogP contribution < -0.4 is 10.2 Å². The van der Waals surface area contributed by atoms with Gasteiger partial charge >= 0.3 is 0 Å². The van der Waals surface area contributed by atoms with Crippen LogP contribution in [0.25, 0.3) is 0 Å². The summed E-state index contributed by atoms with van der Waals surface area (Å²) in [5.74, 6) is -0.845. The fourth-order valence-corrected chi connectivity index (χ4v) is 4.22. The van der Waals surface area contributed by atoms with Crippen molar-refractivity contribution in [3.63, 3.8) is 0 Å². The van der Waals surface area contributed by atoms with E-state index in [9.17, 15) is 14.4 Å². The number of hydrogen-bond acceptors (Lipinski definition) is 4. The number of nitrogens with zero attached hydrogens (tertiary/aromatic N) is 2. The van der Waals surface area contributed by atoms with E-state index < -0.39 is 11.6 Å². The van der Waals surface area contributed by atoms with Crippen LogP contribution in [-0.2, 0) is 14.3 Å². The Balaban J connectivity index is 1.83. The molecule has 0 spiro atoms. The number of amides is 3. The molecule has 2 aromatic carbocycles.